The smallest absolute Gasteiger partial charge is 0.150 e. The van der Waals surface area contributed by atoms with Gasteiger partial charge in [-0.15, -0.1) is 11.3 Å². The first kappa shape index (κ1) is 12.6. The summed E-state index contributed by atoms with van der Waals surface area (Å²) in [5, 5.41) is 5.76. The zero-order chi connectivity index (χ0) is 12.6. The molecule has 1 fully saturated rings. The SMILES string of the molecule is O=S1(=O)CCC(CNC2CCCc3sccc32)C1. The fourth-order valence-corrected chi connectivity index (χ4v) is 5.89. The van der Waals surface area contributed by atoms with Gasteiger partial charge in [-0.25, -0.2) is 8.42 Å². The Bertz CT molecular complexity index is 521. The Labute approximate surface area is 113 Å². The minimum absolute atomic E-state index is 0.319. The van der Waals surface area contributed by atoms with E-state index in [2.05, 4.69) is 16.8 Å². The van der Waals surface area contributed by atoms with Gasteiger partial charge in [-0.2, -0.15) is 0 Å². The van der Waals surface area contributed by atoms with E-state index < -0.39 is 9.84 Å². The predicted molar refractivity (Wildman–Crippen MR) is 74.8 cm³/mol. The van der Waals surface area contributed by atoms with E-state index in [1.165, 1.54) is 29.7 Å². The van der Waals surface area contributed by atoms with Gasteiger partial charge in [-0.1, -0.05) is 0 Å². The highest BCUT2D eigenvalue weighted by molar-refractivity contribution is 7.91. The van der Waals surface area contributed by atoms with Crippen LogP contribution in [0.15, 0.2) is 11.4 Å². The highest BCUT2D eigenvalue weighted by Crippen LogP contribution is 2.33. The van der Waals surface area contributed by atoms with Gasteiger partial charge in [-0.05, 0) is 55.2 Å². The molecule has 1 aliphatic carbocycles. The van der Waals surface area contributed by atoms with Crippen LogP contribution in [0, 0.1) is 5.92 Å². The molecule has 100 valence electrons. The van der Waals surface area contributed by atoms with Gasteiger partial charge in [-0.3, -0.25) is 0 Å². The molecule has 18 heavy (non-hydrogen) atoms. The summed E-state index contributed by atoms with van der Waals surface area (Å²) in [6, 6.07) is 2.67. The number of nitrogens with one attached hydrogen (secondary N) is 1. The maximum Gasteiger partial charge on any atom is 0.150 e. The summed E-state index contributed by atoms with van der Waals surface area (Å²) in [5.74, 6) is 1.08. The van der Waals surface area contributed by atoms with E-state index in [1.807, 2.05) is 11.3 Å². The Kier molecular flexibility index (Phi) is 3.47. The van der Waals surface area contributed by atoms with Gasteiger partial charge in [0.1, 0.15) is 0 Å². The van der Waals surface area contributed by atoms with Crippen LogP contribution in [-0.2, 0) is 16.3 Å². The lowest BCUT2D eigenvalue weighted by Crippen LogP contribution is -2.29. The Morgan fingerprint density at radius 3 is 3.06 bits per heavy atom. The van der Waals surface area contributed by atoms with Crippen LogP contribution in [-0.4, -0.2) is 26.5 Å². The number of sulfone groups is 1. The monoisotopic (exact) mass is 285 g/mol. The molecule has 0 radical (unpaired) electrons. The summed E-state index contributed by atoms with van der Waals surface area (Å²) in [4.78, 5) is 1.51. The second-order valence-corrected chi connectivity index (χ2v) is 8.65. The third kappa shape index (κ3) is 2.63. The van der Waals surface area contributed by atoms with Gasteiger partial charge in [0.25, 0.3) is 0 Å². The van der Waals surface area contributed by atoms with Gasteiger partial charge in [0.2, 0.25) is 0 Å². The minimum Gasteiger partial charge on any atom is -0.310 e. The maximum atomic E-state index is 11.4. The number of rotatable bonds is 3. The molecule has 3 nitrogen and oxygen atoms in total. The minimum atomic E-state index is -2.74. The third-order valence-electron chi connectivity index (χ3n) is 4.03. The quantitative estimate of drug-likeness (QED) is 0.925. The van der Waals surface area contributed by atoms with Crippen LogP contribution in [0.5, 0.6) is 0 Å². The van der Waals surface area contributed by atoms with Crippen LogP contribution in [0.25, 0.3) is 0 Å². The van der Waals surface area contributed by atoms with Crippen LogP contribution in [0.4, 0.5) is 0 Å². The first-order valence-electron chi connectivity index (χ1n) is 6.64. The van der Waals surface area contributed by atoms with Crippen molar-refractivity contribution in [3.8, 4) is 0 Å². The summed E-state index contributed by atoms with van der Waals surface area (Å²) in [6.45, 7) is 0.846. The van der Waals surface area contributed by atoms with Gasteiger partial charge < -0.3 is 5.32 Å². The van der Waals surface area contributed by atoms with Crippen molar-refractivity contribution in [3.63, 3.8) is 0 Å². The number of hydrogen-bond acceptors (Lipinski definition) is 4. The Balaban J connectivity index is 1.59. The van der Waals surface area contributed by atoms with Crippen molar-refractivity contribution in [2.45, 2.75) is 31.7 Å². The molecule has 2 aliphatic rings. The lowest BCUT2D eigenvalue weighted by Gasteiger charge is -2.25. The van der Waals surface area contributed by atoms with E-state index in [-0.39, 0.29) is 0 Å². The molecule has 5 heteroatoms. The molecule has 3 rings (SSSR count). The fourth-order valence-electron chi connectivity index (χ4n) is 3.04. The largest absolute Gasteiger partial charge is 0.310 e. The average Bonchev–Trinajstić information content (AvgIpc) is 2.92. The van der Waals surface area contributed by atoms with Crippen molar-refractivity contribution in [3.05, 3.63) is 21.9 Å². The average molecular weight is 285 g/mol. The van der Waals surface area contributed by atoms with E-state index in [9.17, 15) is 8.42 Å². The Morgan fingerprint density at radius 2 is 2.28 bits per heavy atom. The van der Waals surface area contributed by atoms with Crippen molar-refractivity contribution in [1.29, 1.82) is 0 Å². The second kappa shape index (κ2) is 4.94. The van der Waals surface area contributed by atoms with E-state index in [0.717, 1.165) is 13.0 Å². The molecule has 2 atom stereocenters. The van der Waals surface area contributed by atoms with Gasteiger partial charge in [0.15, 0.2) is 9.84 Å². The lowest BCUT2D eigenvalue weighted by atomic mass is 9.93. The van der Waals surface area contributed by atoms with Crippen molar-refractivity contribution >= 4 is 21.2 Å². The Hall–Kier alpha value is -0.390. The molecule has 1 saturated heterocycles. The van der Waals surface area contributed by atoms with E-state index >= 15 is 0 Å². The molecule has 0 amide bonds. The highest BCUT2D eigenvalue weighted by atomic mass is 32.2. The number of hydrogen-bond donors (Lipinski definition) is 1. The van der Waals surface area contributed by atoms with Crippen molar-refractivity contribution in [2.24, 2.45) is 5.92 Å². The van der Waals surface area contributed by atoms with Crippen molar-refractivity contribution in [2.75, 3.05) is 18.1 Å². The van der Waals surface area contributed by atoms with Gasteiger partial charge in [0.05, 0.1) is 11.5 Å². The molecule has 1 aliphatic heterocycles. The maximum absolute atomic E-state index is 11.4. The summed E-state index contributed by atoms with van der Waals surface area (Å²) in [5.41, 5.74) is 1.45. The second-order valence-electron chi connectivity index (χ2n) is 5.42. The van der Waals surface area contributed by atoms with Gasteiger partial charge in [0, 0.05) is 10.9 Å². The molecule has 0 saturated carbocycles. The molecular weight excluding hydrogens is 266 g/mol. The molecule has 2 heterocycles. The standard InChI is InChI=1S/C13H19NO2S2/c15-18(16)7-5-10(9-18)8-14-12-2-1-3-13-11(12)4-6-17-13/h4,6,10,12,14H,1-3,5,7-9H2. The number of fused-ring (bicyclic) bond motifs is 1. The lowest BCUT2D eigenvalue weighted by molar-refractivity contribution is 0.419. The van der Waals surface area contributed by atoms with Crippen LogP contribution in [0.3, 0.4) is 0 Å². The van der Waals surface area contributed by atoms with Crippen LogP contribution < -0.4 is 5.32 Å². The van der Waals surface area contributed by atoms with Crippen molar-refractivity contribution in [1.82, 2.24) is 5.32 Å². The highest BCUT2D eigenvalue weighted by Gasteiger charge is 2.29. The number of thiophene rings is 1. The molecule has 1 N–H and O–H groups in total. The zero-order valence-electron chi connectivity index (χ0n) is 10.4. The van der Waals surface area contributed by atoms with Crippen LogP contribution >= 0.6 is 11.3 Å². The normalized spacial score (nSPS) is 30.2. The molecule has 2 unspecified atom stereocenters. The first-order valence-corrected chi connectivity index (χ1v) is 9.34. The molecule has 0 spiro atoms. The third-order valence-corrected chi connectivity index (χ3v) is 6.87. The molecule has 0 bridgehead atoms. The molecule has 1 aromatic rings. The van der Waals surface area contributed by atoms with E-state index in [0.29, 0.717) is 23.5 Å². The van der Waals surface area contributed by atoms with Crippen LogP contribution in [0.1, 0.15) is 35.7 Å². The number of aryl methyl sites for hydroxylation is 1. The topological polar surface area (TPSA) is 46.2 Å². The van der Waals surface area contributed by atoms with Gasteiger partial charge >= 0.3 is 0 Å². The summed E-state index contributed by atoms with van der Waals surface area (Å²) >= 11 is 1.85. The van der Waals surface area contributed by atoms with E-state index in [1.54, 1.807) is 0 Å². The molecule has 0 aromatic carbocycles. The predicted octanol–water partition coefficient (Wildman–Crippen LogP) is 2.15. The Morgan fingerprint density at radius 1 is 1.39 bits per heavy atom. The first-order chi connectivity index (χ1) is 8.64. The van der Waals surface area contributed by atoms with Crippen molar-refractivity contribution < 1.29 is 8.42 Å². The van der Waals surface area contributed by atoms with E-state index in [4.69, 9.17) is 0 Å². The summed E-state index contributed by atoms with van der Waals surface area (Å²) in [6.07, 6.45) is 4.47. The summed E-state index contributed by atoms with van der Waals surface area (Å²) in [7, 11) is -2.74. The van der Waals surface area contributed by atoms with Crippen LogP contribution in [0.2, 0.25) is 0 Å². The summed E-state index contributed by atoms with van der Waals surface area (Å²) < 4.78 is 22.8. The zero-order valence-corrected chi connectivity index (χ0v) is 12.0. The fraction of sp³-hybridized carbons (Fsp3) is 0.692. The molecule has 1 aromatic heterocycles. The molecular formula is C13H19NO2S2.